The lowest BCUT2D eigenvalue weighted by molar-refractivity contribution is 0.630. The van der Waals surface area contributed by atoms with Crippen LogP contribution in [0.1, 0.15) is 24.1 Å². The predicted octanol–water partition coefficient (Wildman–Crippen LogP) is 6.11. The fourth-order valence-electron chi connectivity index (χ4n) is 2.10. The van der Waals surface area contributed by atoms with Gasteiger partial charge in [-0.2, -0.15) is 0 Å². The van der Waals surface area contributed by atoms with E-state index in [-0.39, 0.29) is 6.04 Å². The first-order valence-electron chi connectivity index (χ1n) is 6.16. The highest BCUT2D eigenvalue weighted by molar-refractivity contribution is 9.10. The first-order valence-corrected chi connectivity index (χ1v) is 8.09. The van der Waals surface area contributed by atoms with E-state index >= 15 is 0 Å². The second kappa shape index (κ2) is 7.15. The summed E-state index contributed by atoms with van der Waals surface area (Å²) in [5, 5.41) is 5.21. The summed E-state index contributed by atoms with van der Waals surface area (Å²) in [7, 11) is 0. The van der Waals surface area contributed by atoms with Gasteiger partial charge in [-0.05, 0) is 41.9 Å². The second-order valence-corrected chi connectivity index (χ2v) is 6.47. The smallest absolute Gasteiger partial charge is 0.0643 e. The van der Waals surface area contributed by atoms with E-state index in [2.05, 4.69) is 21.2 Å². The van der Waals surface area contributed by atoms with E-state index in [0.717, 1.165) is 22.1 Å². The van der Waals surface area contributed by atoms with Gasteiger partial charge in [-0.15, -0.1) is 0 Å². The van der Waals surface area contributed by atoms with Crippen LogP contribution in [-0.4, -0.2) is 6.54 Å². The molecule has 2 rings (SSSR count). The van der Waals surface area contributed by atoms with Crippen molar-refractivity contribution in [2.24, 2.45) is 0 Å². The molecule has 0 bridgehead atoms. The zero-order chi connectivity index (χ0) is 14.7. The Kier molecular flexibility index (Phi) is 5.76. The molecule has 20 heavy (non-hydrogen) atoms. The lowest BCUT2D eigenvalue weighted by Crippen LogP contribution is -2.22. The van der Waals surface area contributed by atoms with Crippen LogP contribution in [0.2, 0.25) is 15.1 Å². The van der Waals surface area contributed by atoms with Crippen LogP contribution in [0.5, 0.6) is 0 Å². The van der Waals surface area contributed by atoms with Crippen LogP contribution in [0.4, 0.5) is 0 Å². The Balaban J connectivity index is 2.53. The lowest BCUT2D eigenvalue weighted by Gasteiger charge is -2.21. The van der Waals surface area contributed by atoms with Crippen molar-refractivity contribution in [3.8, 4) is 0 Å². The van der Waals surface area contributed by atoms with Gasteiger partial charge in [0.25, 0.3) is 0 Å². The first-order chi connectivity index (χ1) is 9.52. The molecule has 1 N–H and O–H groups in total. The van der Waals surface area contributed by atoms with Gasteiger partial charge < -0.3 is 5.32 Å². The minimum Gasteiger partial charge on any atom is -0.306 e. The molecule has 5 heteroatoms. The van der Waals surface area contributed by atoms with Crippen molar-refractivity contribution >= 4 is 50.7 Å². The molecule has 0 aliphatic heterocycles. The summed E-state index contributed by atoms with van der Waals surface area (Å²) in [4.78, 5) is 0. The Labute approximate surface area is 142 Å². The summed E-state index contributed by atoms with van der Waals surface area (Å²) < 4.78 is 0.932. The molecule has 1 atom stereocenters. The monoisotopic (exact) mass is 391 g/mol. The minimum absolute atomic E-state index is 0.0544. The normalized spacial score (nSPS) is 12.4. The molecule has 0 saturated carbocycles. The quantitative estimate of drug-likeness (QED) is 0.661. The summed E-state index contributed by atoms with van der Waals surface area (Å²) >= 11 is 22.1. The number of hydrogen-bond donors (Lipinski definition) is 1. The Bertz CT molecular complexity index is 596. The molecule has 2 aromatic carbocycles. The first kappa shape index (κ1) is 16.1. The Morgan fingerprint density at radius 1 is 1.15 bits per heavy atom. The third kappa shape index (κ3) is 3.69. The van der Waals surface area contributed by atoms with Gasteiger partial charge in [0.2, 0.25) is 0 Å². The van der Waals surface area contributed by atoms with Gasteiger partial charge in [0.1, 0.15) is 0 Å². The molecule has 0 aliphatic carbocycles. The van der Waals surface area contributed by atoms with E-state index in [1.165, 1.54) is 0 Å². The van der Waals surface area contributed by atoms with Crippen molar-refractivity contribution in [2.45, 2.75) is 13.0 Å². The van der Waals surface area contributed by atoms with E-state index in [9.17, 15) is 0 Å². The summed E-state index contributed by atoms with van der Waals surface area (Å²) in [5.74, 6) is 0. The molecule has 1 nitrogen and oxygen atoms in total. The molecule has 0 spiro atoms. The molecule has 0 saturated heterocycles. The van der Waals surface area contributed by atoms with Crippen molar-refractivity contribution in [1.82, 2.24) is 5.32 Å². The Morgan fingerprint density at radius 2 is 1.90 bits per heavy atom. The molecule has 0 amide bonds. The molecule has 0 radical (unpaired) electrons. The van der Waals surface area contributed by atoms with Crippen molar-refractivity contribution in [3.63, 3.8) is 0 Å². The van der Waals surface area contributed by atoms with Crippen LogP contribution in [-0.2, 0) is 0 Å². The SMILES string of the molecule is CCNC(c1cc(Cl)cc(Br)c1)c1cccc(Cl)c1Cl. The second-order valence-electron chi connectivity index (χ2n) is 4.34. The van der Waals surface area contributed by atoms with Crippen LogP contribution >= 0.6 is 50.7 Å². The topological polar surface area (TPSA) is 12.0 Å². The average Bonchev–Trinajstić information content (AvgIpc) is 2.38. The molecule has 106 valence electrons. The van der Waals surface area contributed by atoms with E-state index in [1.54, 1.807) is 6.07 Å². The van der Waals surface area contributed by atoms with Crippen LogP contribution < -0.4 is 5.32 Å². The highest BCUT2D eigenvalue weighted by atomic mass is 79.9. The number of hydrogen-bond acceptors (Lipinski definition) is 1. The summed E-state index contributed by atoms with van der Waals surface area (Å²) in [6.45, 7) is 2.85. The van der Waals surface area contributed by atoms with Gasteiger partial charge in [0.05, 0.1) is 16.1 Å². The van der Waals surface area contributed by atoms with Gasteiger partial charge in [-0.3, -0.25) is 0 Å². The van der Waals surface area contributed by atoms with E-state index in [1.807, 2.05) is 37.3 Å². The standard InChI is InChI=1S/C15H13BrCl3N/c1-2-20-15(9-6-10(16)8-11(17)7-9)12-4-3-5-13(18)14(12)19/h3-8,15,20H,2H2,1H3. The number of halogens is 4. The highest BCUT2D eigenvalue weighted by Gasteiger charge is 2.18. The molecule has 2 aromatic rings. The van der Waals surface area contributed by atoms with Crippen molar-refractivity contribution in [1.29, 1.82) is 0 Å². The maximum atomic E-state index is 6.34. The maximum absolute atomic E-state index is 6.34. The summed E-state index contributed by atoms with van der Waals surface area (Å²) in [6, 6.07) is 11.4. The predicted molar refractivity (Wildman–Crippen MR) is 91.1 cm³/mol. The summed E-state index contributed by atoms with van der Waals surface area (Å²) in [6.07, 6.45) is 0. The molecule has 0 fully saturated rings. The highest BCUT2D eigenvalue weighted by Crippen LogP contribution is 2.35. The largest absolute Gasteiger partial charge is 0.306 e. The van der Waals surface area contributed by atoms with Crippen LogP contribution in [0.3, 0.4) is 0 Å². The van der Waals surface area contributed by atoms with E-state index in [4.69, 9.17) is 34.8 Å². The maximum Gasteiger partial charge on any atom is 0.0643 e. The Hall–Kier alpha value is -0.250. The fourth-order valence-corrected chi connectivity index (χ4v) is 3.40. The molecule has 0 aromatic heterocycles. The van der Waals surface area contributed by atoms with E-state index < -0.39 is 0 Å². The number of rotatable bonds is 4. The van der Waals surface area contributed by atoms with Crippen molar-refractivity contribution in [2.75, 3.05) is 6.54 Å². The van der Waals surface area contributed by atoms with Gasteiger partial charge in [0.15, 0.2) is 0 Å². The average molecular weight is 394 g/mol. The van der Waals surface area contributed by atoms with Crippen LogP contribution in [0.25, 0.3) is 0 Å². The zero-order valence-corrected chi connectivity index (χ0v) is 14.6. The minimum atomic E-state index is -0.0544. The molecule has 0 aliphatic rings. The van der Waals surface area contributed by atoms with Gasteiger partial charge in [-0.1, -0.05) is 69.8 Å². The third-order valence-corrected chi connectivity index (χ3v) is 4.43. The van der Waals surface area contributed by atoms with E-state index in [0.29, 0.717) is 15.1 Å². The zero-order valence-electron chi connectivity index (χ0n) is 10.8. The molecule has 0 heterocycles. The Morgan fingerprint density at radius 3 is 2.55 bits per heavy atom. The fraction of sp³-hybridized carbons (Fsp3) is 0.200. The molecule has 1 unspecified atom stereocenters. The molecular weight excluding hydrogens is 380 g/mol. The van der Waals surface area contributed by atoms with Gasteiger partial charge in [-0.25, -0.2) is 0 Å². The van der Waals surface area contributed by atoms with Crippen molar-refractivity contribution in [3.05, 3.63) is 67.1 Å². The lowest BCUT2D eigenvalue weighted by atomic mass is 9.98. The van der Waals surface area contributed by atoms with Crippen LogP contribution in [0.15, 0.2) is 40.9 Å². The van der Waals surface area contributed by atoms with Crippen molar-refractivity contribution < 1.29 is 0 Å². The molecular formula is C15H13BrCl3N. The third-order valence-electron chi connectivity index (χ3n) is 2.92. The van der Waals surface area contributed by atoms with Gasteiger partial charge in [0, 0.05) is 9.50 Å². The number of benzene rings is 2. The number of nitrogens with one attached hydrogen (secondary N) is 1. The van der Waals surface area contributed by atoms with Crippen LogP contribution in [0, 0.1) is 0 Å². The van der Waals surface area contributed by atoms with Gasteiger partial charge >= 0.3 is 0 Å². The summed E-state index contributed by atoms with van der Waals surface area (Å²) in [5.41, 5.74) is 1.98.